The molecule has 0 bridgehead atoms. The van der Waals surface area contributed by atoms with Crippen molar-refractivity contribution >= 4 is 0 Å². The first kappa shape index (κ1) is 16.9. The molecule has 0 fully saturated rings. The lowest BCUT2D eigenvalue weighted by Gasteiger charge is -2.22. The van der Waals surface area contributed by atoms with Crippen LogP contribution in [0.25, 0.3) is 0 Å². The van der Waals surface area contributed by atoms with Gasteiger partial charge in [0, 0.05) is 13.1 Å². The average Bonchev–Trinajstić information content (AvgIpc) is 2.15. The van der Waals surface area contributed by atoms with E-state index < -0.39 is 0 Å². The van der Waals surface area contributed by atoms with Gasteiger partial charge in [-0.2, -0.15) is 0 Å². The van der Waals surface area contributed by atoms with Gasteiger partial charge in [0.2, 0.25) is 0 Å². The van der Waals surface area contributed by atoms with Crippen molar-refractivity contribution in [2.75, 3.05) is 39.8 Å². The van der Waals surface area contributed by atoms with Crippen LogP contribution < -0.4 is 5.32 Å². The molecule has 0 spiro atoms. The molecular weight excluding hydrogens is 212 g/mol. The molecule has 0 rings (SSSR count). The van der Waals surface area contributed by atoms with Gasteiger partial charge in [-0.3, -0.25) is 0 Å². The minimum absolute atomic E-state index is 0.341. The predicted molar refractivity (Wildman–Crippen MR) is 75.5 cm³/mol. The molecule has 3 heteroatoms. The van der Waals surface area contributed by atoms with Gasteiger partial charge >= 0.3 is 0 Å². The molecule has 1 atom stereocenters. The summed E-state index contributed by atoms with van der Waals surface area (Å²) in [6, 6.07) is 0. The molecule has 0 aliphatic carbocycles. The molecule has 0 aromatic carbocycles. The van der Waals surface area contributed by atoms with Gasteiger partial charge in [-0.05, 0) is 45.8 Å². The van der Waals surface area contributed by atoms with Gasteiger partial charge < -0.3 is 15.0 Å². The van der Waals surface area contributed by atoms with Crippen LogP contribution in [0.15, 0.2) is 0 Å². The van der Waals surface area contributed by atoms with E-state index in [0.29, 0.717) is 12.0 Å². The number of hydrogen-bond donors (Lipinski definition) is 1. The van der Waals surface area contributed by atoms with Crippen LogP contribution >= 0.6 is 0 Å². The highest BCUT2D eigenvalue weighted by atomic mass is 16.5. The lowest BCUT2D eigenvalue weighted by Crippen LogP contribution is -2.34. The summed E-state index contributed by atoms with van der Waals surface area (Å²) < 4.78 is 5.55. The molecule has 1 N–H and O–H groups in total. The first-order chi connectivity index (χ1) is 7.91. The Balaban J connectivity index is 3.48. The fourth-order valence-corrected chi connectivity index (χ4v) is 1.75. The van der Waals surface area contributed by atoms with Crippen LogP contribution in [0.5, 0.6) is 0 Å². The fraction of sp³-hybridized carbons (Fsp3) is 1.00. The maximum Gasteiger partial charge on any atom is 0.0596 e. The zero-order valence-corrected chi connectivity index (χ0v) is 12.6. The maximum atomic E-state index is 5.55. The van der Waals surface area contributed by atoms with Gasteiger partial charge in [0.05, 0.1) is 12.7 Å². The van der Waals surface area contributed by atoms with Crippen molar-refractivity contribution < 1.29 is 4.74 Å². The summed E-state index contributed by atoms with van der Waals surface area (Å²) in [5.74, 6) is 1.43. The smallest absolute Gasteiger partial charge is 0.0596 e. The van der Waals surface area contributed by atoms with E-state index in [1.165, 1.54) is 0 Å². The molecule has 0 heterocycles. The van der Waals surface area contributed by atoms with E-state index >= 15 is 0 Å². The molecular formula is C14H32N2O. The van der Waals surface area contributed by atoms with Crippen LogP contribution in [-0.4, -0.2) is 50.8 Å². The van der Waals surface area contributed by atoms with Gasteiger partial charge in [-0.1, -0.05) is 20.8 Å². The first-order valence-electron chi connectivity index (χ1n) is 6.92. The Morgan fingerprint density at radius 1 is 1.06 bits per heavy atom. The van der Waals surface area contributed by atoms with Crippen molar-refractivity contribution in [2.45, 2.75) is 40.7 Å². The van der Waals surface area contributed by atoms with E-state index in [2.05, 4.69) is 51.9 Å². The highest BCUT2D eigenvalue weighted by Crippen LogP contribution is 1.98. The second-order valence-corrected chi connectivity index (χ2v) is 5.84. The summed E-state index contributed by atoms with van der Waals surface area (Å²) in [6.45, 7) is 16.2. The van der Waals surface area contributed by atoms with Crippen molar-refractivity contribution in [2.24, 2.45) is 11.8 Å². The Labute approximate surface area is 108 Å². The second-order valence-electron chi connectivity index (χ2n) is 5.84. The second kappa shape index (κ2) is 9.86. The SMILES string of the molecule is CC(C)CNCC(C)CN(C)CCOC(C)C. The molecule has 0 amide bonds. The average molecular weight is 244 g/mol. The Kier molecular flexibility index (Phi) is 9.79. The minimum Gasteiger partial charge on any atom is -0.377 e. The van der Waals surface area contributed by atoms with Gasteiger partial charge in [0.25, 0.3) is 0 Å². The number of hydrogen-bond acceptors (Lipinski definition) is 3. The number of rotatable bonds is 10. The molecule has 0 radical (unpaired) electrons. The van der Waals surface area contributed by atoms with Crippen molar-refractivity contribution in [3.05, 3.63) is 0 Å². The monoisotopic (exact) mass is 244 g/mol. The highest BCUT2D eigenvalue weighted by molar-refractivity contribution is 4.63. The van der Waals surface area contributed by atoms with E-state index in [1.54, 1.807) is 0 Å². The van der Waals surface area contributed by atoms with Crippen molar-refractivity contribution in [1.29, 1.82) is 0 Å². The normalized spacial score (nSPS) is 13.9. The molecule has 0 aromatic heterocycles. The Hall–Kier alpha value is -0.120. The largest absolute Gasteiger partial charge is 0.377 e. The highest BCUT2D eigenvalue weighted by Gasteiger charge is 2.06. The van der Waals surface area contributed by atoms with Crippen LogP contribution in [0.3, 0.4) is 0 Å². The molecule has 0 saturated heterocycles. The molecule has 104 valence electrons. The van der Waals surface area contributed by atoms with E-state index in [9.17, 15) is 0 Å². The van der Waals surface area contributed by atoms with E-state index in [-0.39, 0.29) is 0 Å². The third kappa shape index (κ3) is 12.1. The lowest BCUT2D eigenvalue weighted by molar-refractivity contribution is 0.0616. The molecule has 3 nitrogen and oxygen atoms in total. The third-order valence-corrected chi connectivity index (χ3v) is 2.59. The molecule has 17 heavy (non-hydrogen) atoms. The number of likely N-dealkylation sites (N-methyl/N-ethyl adjacent to an activating group) is 1. The van der Waals surface area contributed by atoms with E-state index in [0.717, 1.165) is 38.7 Å². The molecule has 0 aliphatic heterocycles. The van der Waals surface area contributed by atoms with Crippen molar-refractivity contribution in [3.63, 3.8) is 0 Å². The summed E-state index contributed by atoms with van der Waals surface area (Å²) in [4.78, 5) is 2.35. The molecule has 1 unspecified atom stereocenters. The van der Waals surface area contributed by atoms with E-state index in [1.807, 2.05) is 0 Å². The Morgan fingerprint density at radius 3 is 2.24 bits per heavy atom. The van der Waals surface area contributed by atoms with E-state index in [4.69, 9.17) is 4.74 Å². The molecule has 0 saturated carbocycles. The van der Waals surface area contributed by atoms with Gasteiger partial charge in [-0.15, -0.1) is 0 Å². The zero-order chi connectivity index (χ0) is 13.3. The third-order valence-electron chi connectivity index (χ3n) is 2.59. The summed E-state index contributed by atoms with van der Waals surface area (Å²) in [7, 11) is 2.17. The van der Waals surface area contributed by atoms with Crippen molar-refractivity contribution in [1.82, 2.24) is 10.2 Å². The summed E-state index contributed by atoms with van der Waals surface area (Å²) in [5.41, 5.74) is 0. The minimum atomic E-state index is 0.341. The molecule has 0 aliphatic rings. The van der Waals surface area contributed by atoms with Gasteiger partial charge in [-0.25, -0.2) is 0 Å². The predicted octanol–water partition coefficient (Wildman–Crippen LogP) is 2.22. The topological polar surface area (TPSA) is 24.5 Å². The number of ether oxygens (including phenoxy) is 1. The summed E-state index contributed by atoms with van der Waals surface area (Å²) in [6.07, 6.45) is 0.341. The number of nitrogens with one attached hydrogen (secondary N) is 1. The quantitative estimate of drug-likeness (QED) is 0.638. The van der Waals surface area contributed by atoms with Crippen LogP contribution in [0, 0.1) is 11.8 Å². The van der Waals surface area contributed by atoms with Gasteiger partial charge in [0.1, 0.15) is 0 Å². The fourth-order valence-electron chi connectivity index (χ4n) is 1.75. The standard InChI is InChI=1S/C14H32N2O/c1-12(2)9-15-10-14(5)11-16(6)7-8-17-13(3)4/h12-15H,7-11H2,1-6H3. The number of nitrogens with zero attached hydrogens (tertiary/aromatic N) is 1. The Bertz CT molecular complexity index is 154. The van der Waals surface area contributed by atoms with Crippen LogP contribution in [0.4, 0.5) is 0 Å². The lowest BCUT2D eigenvalue weighted by atomic mass is 10.1. The molecule has 0 aromatic rings. The van der Waals surface area contributed by atoms with Crippen molar-refractivity contribution in [3.8, 4) is 0 Å². The summed E-state index contributed by atoms with van der Waals surface area (Å²) >= 11 is 0. The first-order valence-corrected chi connectivity index (χ1v) is 6.92. The Morgan fingerprint density at radius 2 is 1.71 bits per heavy atom. The van der Waals surface area contributed by atoms with Crippen LogP contribution in [-0.2, 0) is 4.74 Å². The maximum absolute atomic E-state index is 5.55. The summed E-state index contributed by atoms with van der Waals surface area (Å²) in [5, 5.41) is 3.51. The van der Waals surface area contributed by atoms with Crippen LogP contribution in [0.2, 0.25) is 0 Å². The van der Waals surface area contributed by atoms with Gasteiger partial charge in [0.15, 0.2) is 0 Å². The zero-order valence-electron chi connectivity index (χ0n) is 12.6. The van der Waals surface area contributed by atoms with Crippen LogP contribution in [0.1, 0.15) is 34.6 Å².